The summed E-state index contributed by atoms with van der Waals surface area (Å²) in [6.07, 6.45) is 3.11. The summed E-state index contributed by atoms with van der Waals surface area (Å²) in [7, 11) is 0. The van der Waals surface area contributed by atoms with Crippen LogP contribution in [0.1, 0.15) is 36.1 Å². The minimum atomic E-state index is -0.864. The van der Waals surface area contributed by atoms with E-state index < -0.39 is 6.04 Å². The number of hydrogen-bond acceptors (Lipinski definition) is 5. The van der Waals surface area contributed by atoms with Gasteiger partial charge in [0.05, 0.1) is 13.0 Å². The Hall–Kier alpha value is -2.62. The van der Waals surface area contributed by atoms with Crippen molar-refractivity contribution in [2.24, 2.45) is 0 Å². The number of benzene rings is 1. The lowest BCUT2D eigenvalue weighted by Crippen LogP contribution is -2.61. The van der Waals surface area contributed by atoms with Crippen LogP contribution in [0.4, 0.5) is 0 Å². The van der Waals surface area contributed by atoms with Crippen molar-refractivity contribution in [1.82, 2.24) is 20.0 Å². The zero-order valence-corrected chi connectivity index (χ0v) is 23.5. The average molecular weight is 580 g/mol. The largest absolute Gasteiger partial charge is 0.356 e. The third kappa shape index (κ3) is 7.48. The molecule has 0 bridgehead atoms. The van der Waals surface area contributed by atoms with Gasteiger partial charge in [0.2, 0.25) is 23.6 Å². The molecule has 0 saturated carbocycles. The lowest BCUT2D eigenvalue weighted by atomic mass is 10.0. The van der Waals surface area contributed by atoms with Crippen molar-refractivity contribution in [2.45, 2.75) is 44.6 Å². The van der Waals surface area contributed by atoms with Gasteiger partial charge in [-0.15, -0.1) is 11.3 Å². The van der Waals surface area contributed by atoms with Gasteiger partial charge in [-0.3, -0.25) is 19.2 Å². The maximum atomic E-state index is 13.5. The highest BCUT2D eigenvalue weighted by atomic mass is 35.5. The van der Waals surface area contributed by atoms with Crippen LogP contribution in [0.5, 0.6) is 0 Å². The molecule has 11 heteroatoms. The molecule has 1 aromatic carbocycles. The first kappa shape index (κ1) is 28.4. The normalized spacial score (nSPS) is 18.0. The molecule has 2 fully saturated rings. The molecule has 2 aromatic rings. The van der Waals surface area contributed by atoms with E-state index in [4.69, 9.17) is 23.2 Å². The molecule has 2 aliphatic heterocycles. The van der Waals surface area contributed by atoms with Gasteiger partial charge in [0, 0.05) is 54.1 Å². The van der Waals surface area contributed by atoms with Crippen molar-refractivity contribution in [3.8, 4) is 0 Å². The van der Waals surface area contributed by atoms with Gasteiger partial charge in [0.25, 0.3) is 0 Å². The minimum absolute atomic E-state index is 0.0313. The van der Waals surface area contributed by atoms with Crippen molar-refractivity contribution in [2.75, 3.05) is 39.3 Å². The Morgan fingerprint density at radius 1 is 1.03 bits per heavy atom. The predicted molar refractivity (Wildman–Crippen MR) is 148 cm³/mol. The van der Waals surface area contributed by atoms with Gasteiger partial charge in [-0.25, -0.2) is 0 Å². The van der Waals surface area contributed by atoms with Crippen LogP contribution in [-0.4, -0.2) is 83.6 Å². The van der Waals surface area contributed by atoms with Gasteiger partial charge in [-0.2, -0.15) is 0 Å². The highest BCUT2D eigenvalue weighted by Crippen LogP contribution is 2.23. The van der Waals surface area contributed by atoms with Crippen molar-refractivity contribution in [1.29, 1.82) is 0 Å². The van der Waals surface area contributed by atoms with E-state index in [1.807, 2.05) is 28.5 Å². The number of hydrogen-bond donors (Lipinski definition) is 1. The Balaban J connectivity index is 1.37. The Morgan fingerprint density at radius 3 is 2.58 bits per heavy atom. The van der Waals surface area contributed by atoms with Crippen LogP contribution in [0.3, 0.4) is 0 Å². The molecule has 8 nitrogen and oxygen atoms in total. The van der Waals surface area contributed by atoms with Crippen LogP contribution in [0.25, 0.3) is 0 Å². The fourth-order valence-corrected chi connectivity index (χ4v) is 6.07. The number of nitrogens with zero attached hydrogens (tertiary/aromatic N) is 3. The first-order valence-corrected chi connectivity index (χ1v) is 14.5. The Labute approximate surface area is 236 Å². The van der Waals surface area contributed by atoms with E-state index in [0.29, 0.717) is 61.9 Å². The van der Waals surface area contributed by atoms with Crippen molar-refractivity contribution >= 4 is 58.2 Å². The zero-order valence-electron chi connectivity index (χ0n) is 21.2. The van der Waals surface area contributed by atoms with Gasteiger partial charge in [0.1, 0.15) is 6.04 Å². The van der Waals surface area contributed by atoms with Crippen molar-refractivity contribution < 1.29 is 19.2 Å². The second kappa shape index (κ2) is 13.4. The molecule has 1 unspecified atom stereocenters. The summed E-state index contributed by atoms with van der Waals surface area (Å²) in [6, 6.07) is 8.29. The number of piperazine rings is 1. The number of nitrogens with one attached hydrogen (secondary N) is 1. The number of likely N-dealkylation sites (tertiary alicyclic amines) is 1. The SMILES string of the molecule is O=C(CC1C(=O)N(CCc2ccc(Cl)cc2Cl)CC(=O)N1CCc1cccs1)NCCCN1CCCC1=O. The topological polar surface area (TPSA) is 90.0 Å². The molecule has 204 valence electrons. The predicted octanol–water partition coefficient (Wildman–Crippen LogP) is 3.40. The lowest BCUT2D eigenvalue weighted by molar-refractivity contribution is -0.157. The fourth-order valence-electron chi connectivity index (χ4n) is 4.87. The van der Waals surface area contributed by atoms with E-state index in [1.54, 1.807) is 28.4 Å². The Kier molecular flexibility index (Phi) is 10.0. The summed E-state index contributed by atoms with van der Waals surface area (Å²) < 4.78 is 0. The summed E-state index contributed by atoms with van der Waals surface area (Å²) in [5.41, 5.74) is 0.835. The quantitative estimate of drug-likeness (QED) is 0.391. The maximum Gasteiger partial charge on any atom is 0.246 e. The van der Waals surface area contributed by atoms with E-state index in [1.165, 1.54) is 4.90 Å². The van der Waals surface area contributed by atoms with Gasteiger partial charge in [-0.05, 0) is 54.8 Å². The number of halogens is 2. The summed E-state index contributed by atoms with van der Waals surface area (Å²) in [5, 5.41) is 5.88. The molecule has 0 aliphatic carbocycles. The molecule has 4 amide bonds. The maximum absolute atomic E-state index is 13.5. The van der Waals surface area contributed by atoms with Crippen LogP contribution in [0.15, 0.2) is 35.7 Å². The smallest absolute Gasteiger partial charge is 0.246 e. The van der Waals surface area contributed by atoms with Gasteiger partial charge < -0.3 is 20.0 Å². The van der Waals surface area contributed by atoms with Gasteiger partial charge in [-0.1, -0.05) is 35.3 Å². The number of carbonyl (C=O) groups excluding carboxylic acids is 4. The third-order valence-electron chi connectivity index (χ3n) is 6.94. The van der Waals surface area contributed by atoms with Crippen LogP contribution in [0.2, 0.25) is 10.0 Å². The first-order chi connectivity index (χ1) is 18.3. The summed E-state index contributed by atoms with van der Waals surface area (Å²) in [6.45, 7) is 2.43. The highest BCUT2D eigenvalue weighted by molar-refractivity contribution is 7.09. The number of rotatable bonds is 12. The number of carbonyl (C=O) groups is 4. The van der Waals surface area contributed by atoms with E-state index in [9.17, 15) is 19.2 Å². The van der Waals surface area contributed by atoms with Crippen molar-refractivity contribution in [3.63, 3.8) is 0 Å². The molecule has 0 radical (unpaired) electrons. The molecule has 38 heavy (non-hydrogen) atoms. The van der Waals surface area contributed by atoms with E-state index >= 15 is 0 Å². The molecular weight excluding hydrogens is 547 g/mol. The summed E-state index contributed by atoms with van der Waals surface area (Å²) >= 11 is 13.9. The van der Waals surface area contributed by atoms with Gasteiger partial charge in [0.15, 0.2) is 0 Å². The van der Waals surface area contributed by atoms with E-state index in [0.717, 1.165) is 23.4 Å². The molecule has 1 N–H and O–H groups in total. The minimum Gasteiger partial charge on any atom is -0.356 e. The molecule has 1 aromatic heterocycles. The summed E-state index contributed by atoms with van der Waals surface area (Å²) in [5.74, 6) is -0.538. The van der Waals surface area contributed by atoms with Crippen LogP contribution < -0.4 is 5.32 Å². The first-order valence-electron chi connectivity index (χ1n) is 12.9. The van der Waals surface area contributed by atoms with Crippen LogP contribution in [0, 0.1) is 0 Å². The zero-order chi connectivity index (χ0) is 27.1. The van der Waals surface area contributed by atoms with Crippen molar-refractivity contribution in [3.05, 3.63) is 56.2 Å². The molecule has 2 saturated heterocycles. The number of amides is 4. The standard InChI is InChI=1S/C27H32Cl2N4O4S/c28-20-7-6-19(22(29)16-20)8-13-32-18-26(36)33(14-9-21-4-2-15-38-21)23(27(32)37)17-24(34)30-10-3-12-31-11-1-5-25(31)35/h2,4,6-7,15-16,23H,1,3,5,8-14,17-18H2,(H,30,34). The fraction of sp³-hybridized carbons (Fsp3) is 0.481. The molecular formula is C27H32Cl2N4O4S. The van der Waals surface area contributed by atoms with Crippen LogP contribution in [-0.2, 0) is 32.0 Å². The Morgan fingerprint density at radius 2 is 1.87 bits per heavy atom. The second-order valence-electron chi connectivity index (χ2n) is 9.57. The highest BCUT2D eigenvalue weighted by Gasteiger charge is 2.40. The Bertz CT molecular complexity index is 1160. The lowest BCUT2D eigenvalue weighted by Gasteiger charge is -2.40. The third-order valence-corrected chi connectivity index (χ3v) is 8.47. The second-order valence-corrected chi connectivity index (χ2v) is 11.4. The van der Waals surface area contributed by atoms with Crippen LogP contribution >= 0.6 is 34.5 Å². The molecule has 0 spiro atoms. The monoisotopic (exact) mass is 578 g/mol. The molecule has 3 heterocycles. The van der Waals surface area contributed by atoms with Gasteiger partial charge >= 0.3 is 0 Å². The van der Waals surface area contributed by atoms with E-state index in [-0.39, 0.29) is 36.6 Å². The average Bonchev–Trinajstić information content (AvgIpc) is 3.55. The molecule has 1 atom stereocenters. The molecule has 2 aliphatic rings. The summed E-state index contributed by atoms with van der Waals surface area (Å²) in [4.78, 5) is 57.3. The number of thiophene rings is 1. The molecule has 4 rings (SSSR count). The van der Waals surface area contributed by atoms with E-state index in [2.05, 4.69) is 5.32 Å².